The lowest BCUT2D eigenvalue weighted by Crippen LogP contribution is -2.22. The van der Waals surface area contributed by atoms with Crippen molar-refractivity contribution in [3.63, 3.8) is 0 Å². The SMILES string of the molecule is O=c1c2ccccc2nc2n1CCN2Cc1ccccc1. The van der Waals surface area contributed by atoms with E-state index in [0.717, 1.165) is 24.6 Å². The van der Waals surface area contributed by atoms with Crippen molar-refractivity contribution in [3.05, 3.63) is 70.5 Å². The predicted molar refractivity (Wildman–Crippen MR) is 83.5 cm³/mol. The van der Waals surface area contributed by atoms with Gasteiger partial charge in [-0.15, -0.1) is 0 Å². The molecule has 104 valence electrons. The van der Waals surface area contributed by atoms with Crippen LogP contribution >= 0.6 is 0 Å². The van der Waals surface area contributed by atoms with Gasteiger partial charge in [0.1, 0.15) is 0 Å². The molecule has 4 nitrogen and oxygen atoms in total. The fourth-order valence-electron chi connectivity index (χ4n) is 2.87. The van der Waals surface area contributed by atoms with Crippen molar-refractivity contribution in [1.29, 1.82) is 0 Å². The van der Waals surface area contributed by atoms with E-state index >= 15 is 0 Å². The predicted octanol–water partition coefficient (Wildman–Crippen LogP) is 2.42. The number of aromatic nitrogens is 2. The molecular weight excluding hydrogens is 262 g/mol. The van der Waals surface area contributed by atoms with Gasteiger partial charge in [0.05, 0.1) is 10.9 Å². The smallest absolute Gasteiger partial charge is 0.262 e. The van der Waals surface area contributed by atoms with E-state index in [4.69, 9.17) is 0 Å². The second-order valence-corrected chi connectivity index (χ2v) is 5.29. The molecule has 0 aliphatic carbocycles. The summed E-state index contributed by atoms with van der Waals surface area (Å²) >= 11 is 0. The van der Waals surface area contributed by atoms with Gasteiger partial charge in [0.25, 0.3) is 5.56 Å². The monoisotopic (exact) mass is 277 g/mol. The zero-order chi connectivity index (χ0) is 14.2. The molecule has 0 amide bonds. The van der Waals surface area contributed by atoms with Crippen LogP contribution in [0.1, 0.15) is 5.56 Å². The third-order valence-electron chi connectivity index (χ3n) is 3.93. The standard InChI is InChI=1S/C17H15N3O/c21-16-14-8-4-5-9-15(14)18-17-19(10-11-20(16)17)12-13-6-2-1-3-7-13/h1-9H,10-12H2. The van der Waals surface area contributed by atoms with Crippen molar-refractivity contribution in [2.45, 2.75) is 13.1 Å². The van der Waals surface area contributed by atoms with E-state index in [1.807, 2.05) is 42.5 Å². The lowest BCUT2D eigenvalue weighted by atomic mass is 10.2. The zero-order valence-corrected chi connectivity index (χ0v) is 11.6. The highest BCUT2D eigenvalue weighted by atomic mass is 16.1. The van der Waals surface area contributed by atoms with Crippen LogP contribution in [0.3, 0.4) is 0 Å². The number of fused-ring (bicyclic) bond motifs is 2. The summed E-state index contributed by atoms with van der Waals surface area (Å²) in [6.45, 7) is 2.32. The van der Waals surface area contributed by atoms with Crippen molar-refractivity contribution >= 4 is 16.9 Å². The summed E-state index contributed by atoms with van der Waals surface area (Å²) in [5.74, 6) is 0.780. The summed E-state index contributed by atoms with van der Waals surface area (Å²) < 4.78 is 1.78. The largest absolute Gasteiger partial charge is 0.336 e. The Morgan fingerprint density at radius 1 is 0.952 bits per heavy atom. The molecule has 0 saturated carbocycles. The van der Waals surface area contributed by atoms with Crippen LogP contribution in [-0.4, -0.2) is 16.1 Å². The Kier molecular flexibility index (Phi) is 2.74. The maximum atomic E-state index is 12.5. The maximum Gasteiger partial charge on any atom is 0.262 e. The molecule has 2 aromatic carbocycles. The molecule has 0 radical (unpaired) electrons. The molecule has 21 heavy (non-hydrogen) atoms. The summed E-state index contributed by atoms with van der Waals surface area (Å²) in [5.41, 5.74) is 2.06. The first-order chi connectivity index (χ1) is 10.3. The minimum Gasteiger partial charge on any atom is -0.336 e. The Bertz CT molecular complexity index is 855. The molecule has 2 heterocycles. The summed E-state index contributed by atoms with van der Waals surface area (Å²) in [7, 11) is 0. The van der Waals surface area contributed by atoms with Crippen molar-refractivity contribution in [1.82, 2.24) is 9.55 Å². The molecule has 0 saturated heterocycles. The number of rotatable bonds is 2. The van der Waals surface area contributed by atoms with E-state index in [0.29, 0.717) is 11.9 Å². The first kappa shape index (κ1) is 12.1. The van der Waals surface area contributed by atoms with Gasteiger partial charge in [0.15, 0.2) is 0 Å². The van der Waals surface area contributed by atoms with Crippen LogP contribution in [0.5, 0.6) is 0 Å². The second-order valence-electron chi connectivity index (χ2n) is 5.29. The quantitative estimate of drug-likeness (QED) is 0.722. The van der Waals surface area contributed by atoms with Crippen molar-refractivity contribution in [2.75, 3.05) is 11.4 Å². The van der Waals surface area contributed by atoms with Gasteiger partial charge < -0.3 is 4.90 Å². The van der Waals surface area contributed by atoms with E-state index in [1.54, 1.807) is 4.57 Å². The topological polar surface area (TPSA) is 38.1 Å². The number of benzene rings is 2. The Hall–Kier alpha value is -2.62. The Balaban J connectivity index is 1.80. The highest BCUT2D eigenvalue weighted by molar-refractivity contribution is 5.78. The molecule has 0 N–H and O–H groups in total. The van der Waals surface area contributed by atoms with Crippen LogP contribution in [0.4, 0.5) is 5.95 Å². The molecule has 1 aromatic heterocycles. The van der Waals surface area contributed by atoms with E-state index in [9.17, 15) is 4.79 Å². The van der Waals surface area contributed by atoms with Gasteiger partial charge in [-0.2, -0.15) is 0 Å². The molecule has 0 atom stereocenters. The lowest BCUT2D eigenvalue weighted by molar-refractivity contribution is 0.753. The minimum atomic E-state index is 0.0613. The van der Waals surface area contributed by atoms with Crippen molar-refractivity contribution in [2.24, 2.45) is 0 Å². The number of anilines is 1. The molecule has 0 spiro atoms. The van der Waals surface area contributed by atoms with Crippen LogP contribution in [-0.2, 0) is 13.1 Å². The minimum absolute atomic E-state index is 0.0613. The molecule has 0 unspecified atom stereocenters. The Labute approximate surface area is 122 Å². The van der Waals surface area contributed by atoms with E-state index in [1.165, 1.54) is 5.56 Å². The summed E-state index contributed by atoms with van der Waals surface area (Å²) in [6.07, 6.45) is 0. The van der Waals surface area contributed by atoms with Gasteiger partial charge in [-0.3, -0.25) is 9.36 Å². The van der Waals surface area contributed by atoms with Crippen molar-refractivity contribution < 1.29 is 0 Å². The normalized spacial score (nSPS) is 13.6. The molecular formula is C17H15N3O. The van der Waals surface area contributed by atoms with Gasteiger partial charge in [-0.1, -0.05) is 42.5 Å². The molecule has 1 aliphatic heterocycles. The van der Waals surface area contributed by atoms with Crippen molar-refractivity contribution in [3.8, 4) is 0 Å². The molecule has 1 aliphatic rings. The first-order valence-corrected chi connectivity index (χ1v) is 7.11. The summed E-state index contributed by atoms with van der Waals surface area (Å²) in [6, 6.07) is 17.8. The molecule has 4 rings (SSSR count). The first-order valence-electron chi connectivity index (χ1n) is 7.11. The molecule has 4 heteroatoms. The number of nitrogens with zero attached hydrogens (tertiary/aromatic N) is 3. The lowest BCUT2D eigenvalue weighted by Gasteiger charge is -2.17. The zero-order valence-electron chi connectivity index (χ0n) is 11.6. The Morgan fingerprint density at radius 3 is 2.57 bits per heavy atom. The van der Waals surface area contributed by atoms with Gasteiger partial charge in [-0.25, -0.2) is 4.98 Å². The summed E-state index contributed by atoms with van der Waals surface area (Å²) in [5, 5.41) is 0.697. The fraction of sp³-hybridized carbons (Fsp3) is 0.176. The van der Waals surface area contributed by atoms with Crippen LogP contribution in [0, 0.1) is 0 Å². The molecule has 3 aromatic rings. The van der Waals surface area contributed by atoms with Crippen LogP contribution in [0.2, 0.25) is 0 Å². The molecule has 0 bridgehead atoms. The average Bonchev–Trinajstić information content (AvgIpc) is 2.92. The third-order valence-corrected chi connectivity index (χ3v) is 3.93. The summed E-state index contributed by atoms with van der Waals surface area (Å²) in [4.78, 5) is 19.4. The maximum absolute atomic E-state index is 12.5. The van der Waals surface area contributed by atoms with E-state index < -0.39 is 0 Å². The van der Waals surface area contributed by atoms with Gasteiger partial charge in [0.2, 0.25) is 5.95 Å². The highest BCUT2D eigenvalue weighted by Crippen LogP contribution is 2.21. The fourth-order valence-corrected chi connectivity index (χ4v) is 2.87. The van der Waals surface area contributed by atoms with Crippen LogP contribution < -0.4 is 10.5 Å². The van der Waals surface area contributed by atoms with E-state index in [2.05, 4.69) is 22.0 Å². The Morgan fingerprint density at radius 2 is 1.71 bits per heavy atom. The van der Waals surface area contributed by atoms with Gasteiger partial charge in [-0.05, 0) is 17.7 Å². The van der Waals surface area contributed by atoms with Crippen LogP contribution in [0.25, 0.3) is 10.9 Å². The second kappa shape index (κ2) is 4.74. The van der Waals surface area contributed by atoms with Crippen LogP contribution in [0.15, 0.2) is 59.4 Å². The number of hydrogen-bond acceptors (Lipinski definition) is 3. The highest BCUT2D eigenvalue weighted by Gasteiger charge is 2.22. The number of hydrogen-bond donors (Lipinski definition) is 0. The number of para-hydroxylation sites is 1. The third kappa shape index (κ3) is 2.00. The average molecular weight is 277 g/mol. The molecule has 0 fully saturated rings. The van der Waals surface area contributed by atoms with Gasteiger partial charge >= 0.3 is 0 Å². The van der Waals surface area contributed by atoms with E-state index in [-0.39, 0.29) is 5.56 Å². The van der Waals surface area contributed by atoms with Gasteiger partial charge in [0, 0.05) is 19.6 Å².